The molecule has 0 spiro atoms. The predicted molar refractivity (Wildman–Crippen MR) is 59.0 cm³/mol. The van der Waals surface area contributed by atoms with E-state index in [-0.39, 0.29) is 24.0 Å². The highest BCUT2D eigenvalue weighted by molar-refractivity contribution is 5.81. The van der Waals surface area contributed by atoms with E-state index in [1.165, 1.54) is 0 Å². The first kappa shape index (κ1) is 13.4. The molecule has 84 valence electrons. The highest BCUT2D eigenvalue weighted by Gasteiger charge is 2.18. The normalized spacial score (nSPS) is 15.7. The van der Waals surface area contributed by atoms with Crippen LogP contribution in [0.15, 0.2) is 0 Å². The monoisotopic (exact) mass is 201 g/mol. The highest BCUT2D eigenvalue weighted by atomic mass is 16.2. The largest absolute Gasteiger partial charge is 0.353 e. The third-order valence-corrected chi connectivity index (χ3v) is 2.05. The van der Waals surface area contributed by atoms with Crippen molar-refractivity contribution < 1.29 is 4.79 Å². The molecule has 0 bridgehead atoms. The molecule has 0 aliphatic heterocycles. The van der Waals surface area contributed by atoms with E-state index in [0.29, 0.717) is 0 Å². The van der Waals surface area contributed by atoms with Gasteiger partial charge in [-0.3, -0.25) is 9.69 Å². The minimum Gasteiger partial charge on any atom is -0.353 e. The van der Waals surface area contributed by atoms with E-state index in [2.05, 4.69) is 5.32 Å². The average molecular weight is 201 g/mol. The van der Waals surface area contributed by atoms with Gasteiger partial charge in [-0.05, 0) is 34.7 Å². The molecule has 0 fully saturated rings. The Hall–Kier alpha value is -0.610. The van der Waals surface area contributed by atoms with E-state index in [4.69, 9.17) is 5.73 Å². The zero-order chi connectivity index (χ0) is 11.3. The van der Waals surface area contributed by atoms with Crippen molar-refractivity contribution in [2.45, 2.75) is 45.8 Å². The second-order valence-electron chi connectivity index (χ2n) is 4.26. The summed E-state index contributed by atoms with van der Waals surface area (Å²) in [5.74, 6) is 0.0585. The van der Waals surface area contributed by atoms with Crippen molar-refractivity contribution in [2.75, 3.05) is 13.6 Å². The van der Waals surface area contributed by atoms with Crippen molar-refractivity contribution in [3.05, 3.63) is 0 Å². The average Bonchev–Trinajstić information content (AvgIpc) is 2.00. The minimum absolute atomic E-state index is 0.0585. The maximum Gasteiger partial charge on any atom is 0.237 e. The maximum absolute atomic E-state index is 11.6. The lowest BCUT2D eigenvalue weighted by Crippen LogP contribution is -2.48. The van der Waals surface area contributed by atoms with Crippen LogP contribution in [0.4, 0.5) is 0 Å². The molecule has 0 saturated heterocycles. The van der Waals surface area contributed by atoms with Crippen LogP contribution in [0.2, 0.25) is 0 Å². The van der Waals surface area contributed by atoms with Crippen LogP contribution in [0.3, 0.4) is 0 Å². The van der Waals surface area contributed by atoms with E-state index < -0.39 is 0 Å². The van der Waals surface area contributed by atoms with Gasteiger partial charge in [0, 0.05) is 18.6 Å². The van der Waals surface area contributed by atoms with Crippen LogP contribution in [0.1, 0.15) is 27.7 Å². The Morgan fingerprint density at radius 2 is 1.86 bits per heavy atom. The summed E-state index contributed by atoms with van der Waals surface area (Å²) in [5.41, 5.74) is 5.66. The third-order valence-electron chi connectivity index (χ3n) is 2.05. The van der Waals surface area contributed by atoms with Gasteiger partial charge in [0.1, 0.15) is 0 Å². The van der Waals surface area contributed by atoms with E-state index in [1.807, 2.05) is 39.6 Å². The molecule has 0 heterocycles. The molecular weight excluding hydrogens is 178 g/mol. The molecule has 0 aliphatic carbocycles. The smallest absolute Gasteiger partial charge is 0.237 e. The molecule has 4 heteroatoms. The number of hydrogen-bond acceptors (Lipinski definition) is 3. The number of amides is 1. The SMILES string of the molecule is CC(N)CN(C)C(C)C(=O)NC(C)C. The van der Waals surface area contributed by atoms with E-state index >= 15 is 0 Å². The Labute approximate surface area is 86.8 Å². The number of nitrogens with one attached hydrogen (secondary N) is 1. The van der Waals surface area contributed by atoms with Crippen molar-refractivity contribution in [2.24, 2.45) is 5.73 Å². The molecule has 0 aromatic rings. The molecule has 0 rings (SSSR count). The van der Waals surface area contributed by atoms with Crippen molar-refractivity contribution in [1.29, 1.82) is 0 Å². The Balaban J connectivity index is 4.03. The summed E-state index contributed by atoms with van der Waals surface area (Å²) >= 11 is 0. The summed E-state index contributed by atoms with van der Waals surface area (Å²) in [4.78, 5) is 13.5. The molecule has 2 atom stereocenters. The zero-order valence-corrected chi connectivity index (χ0v) is 9.87. The fourth-order valence-electron chi connectivity index (χ4n) is 1.22. The lowest BCUT2D eigenvalue weighted by molar-refractivity contribution is -0.125. The maximum atomic E-state index is 11.6. The summed E-state index contributed by atoms with van der Waals surface area (Å²) < 4.78 is 0. The van der Waals surface area contributed by atoms with Gasteiger partial charge in [0.05, 0.1) is 6.04 Å². The highest BCUT2D eigenvalue weighted by Crippen LogP contribution is 1.97. The van der Waals surface area contributed by atoms with Crippen molar-refractivity contribution in [1.82, 2.24) is 10.2 Å². The van der Waals surface area contributed by atoms with Crippen LogP contribution in [-0.2, 0) is 4.79 Å². The van der Waals surface area contributed by atoms with Crippen molar-refractivity contribution in [3.63, 3.8) is 0 Å². The topological polar surface area (TPSA) is 58.4 Å². The van der Waals surface area contributed by atoms with Crippen LogP contribution in [0, 0.1) is 0 Å². The Morgan fingerprint density at radius 1 is 1.36 bits per heavy atom. The summed E-state index contributed by atoms with van der Waals surface area (Å²) in [6, 6.07) is 0.159. The third kappa shape index (κ3) is 5.19. The lowest BCUT2D eigenvalue weighted by atomic mass is 10.2. The number of hydrogen-bond donors (Lipinski definition) is 2. The summed E-state index contributed by atoms with van der Waals surface area (Å²) in [5, 5.41) is 2.88. The predicted octanol–water partition coefficient (Wildman–Crippen LogP) is 0.179. The lowest BCUT2D eigenvalue weighted by Gasteiger charge is -2.26. The molecule has 0 radical (unpaired) electrons. The Bertz CT molecular complexity index is 180. The van der Waals surface area contributed by atoms with Crippen LogP contribution in [-0.4, -0.2) is 42.5 Å². The molecule has 0 aliphatic rings. The van der Waals surface area contributed by atoms with Crippen molar-refractivity contribution in [3.8, 4) is 0 Å². The second kappa shape index (κ2) is 5.98. The molecule has 4 nitrogen and oxygen atoms in total. The first-order valence-electron chi connectivity index (χ1n) is 5.10. The van der Waals surface area contributed by atoms with Gasteiger partial charge in [-0.2, -0.15) is 0 Å². The van der Waals surface area contributed by atoms with Gasteiger partial charge in [0.15, 0.2) is 0 Å². The number of rotatable bonds is 5. The molecular formula is C10H23N3O. The Morgan fingerprint density at radius 3 is 2.21 bits per heavy atom. The number of nitrogens with two attached hydrogens (primary N) is 1. The first-order chi connectivity index (χ1) is 6.34. The number of carbonyl (C=O) groups is 1. The van der Waals surface area contributed by atoms with Crippen LogP contribution in [0.5, 0.6) is 0 Å². The van der Waals surface area contributed by atoms with Gasteiger partial charge < -0.3 is 11.1 Å². The van der Waals surface area contributed by atoms with Gasteiger partial charge in [0.25, 0.3) is 0 Å². The number of carbonyl (C=O) groups excluding carboxylic acids is 1. The molecule has 3 N–H and O–H groups in total. The number of likely N-dealkylation sites (N-methyl/N-ethyl adjacent to an activating group) is 1. The number of nitrogens with zero attached hydrogens (tertiary/aromatic N) is 1. The molecule has 0 aromatic carbocycles. The van der Waals surface area contributed by atoms with Gasteiger partial charge in [-0.15, -0.1) is 0 Å². The van der Waals surface area contributed by atoms with E-state index in [9.17, 15) is 4.79 Å². The minimum atomic E-state index is -0.122. The molecule has 1 amide bonds. The van der Waals surface area contributed by atoms with Crippen LogP contribution < -0.4 is 11.1 Å². The van der Waals surface area contributed by atoms with Gasteiger partial charge in [0.2, 0.25) is 5.91 Å². The summed E-state index contributed by atoms with van der Waals surface area (Å²) in [7, 11) is 1.91. The summed E-state index contributed by atoms with van der Waals surface area (Å²) in [6.07, 6.45) is 0. The standard InChI is InChI=1S/C10H23N3O/c1-7(2)12-10(14)9(4)13(5)6-8(3)11/h7-9H,6,11H2,1-5H3,(H,12,14). The van der Waals surface area contributed by atoms with Crippen molar-refractivity contribution >= 4 is 5.91 Å². The molecule has 0 saturated carbocycles. The second-order valence-corrected chi connectivity index (χ2v) is 4.26. The van der Waals surface area contributed by atoms with Gasteiger partial charge >= 0.3 is 0 Å². The van der Waals surface area contributed by atoms with Crippen LogP contribution in [0.25, 0.3) is 0 Å². The Kier molecular flexibility index (Phi) is 5.72. The van der Waals surface area contributed by atoms with Crippen LogP contribution >= 0.6 is 0 Å². The van der Waals surface area contributed by atoms with Gasteiger partial charge in [-0.1, -0.05) is 0 Å². The van der Waals surface area contributed by atoms with E-state index in [0.717, 1.165) is 6.54 Å². The zero-order valence-electron chi connectivity index (χ0n) is 9.87. The molecule has 0 aromatic heterocycles. The first-order valence-corrected chi connectivity index (χ1v) is 5.10. The molecule has 14 heavy (non-hydrogen) atoms. The quantitative estimate of drug-likeness (QED) is 0.667. The molecule has 2 unspecified atom stereocenters. The van der Waals surface area contributed by atoms with Gasteiger partial charge in [-0.25, -0.2) is 0 Å². The fourth-order valence-corrected chi connectivity index (χ4v) is 1.22. The fraction of sp³-hybridized carbons (Fsp3) is 0.900. The van der Waals surface area contributed by atoms with E-state index in [1.54, 1.807) is 0 Å². The summed E-state index contributed by atoms with van der Waals surface area (Å²) in [6.45, 7) is 8.46.